The Morgan fingerprint density at radius 2 is 1.79 bits per heavy atom. The van der Waals surface area contributed by atoms with E-state index in [1.165, 1.54) is 0 Å². The zero-order valence-electron chi connectivity index (χ0n) is 21.8. The van der Waals surface area contributed by atoms with Crippen molar-refractivity contribution < 1.29 is 18.8 Å². The summed E-state index contributed by atoms with van der Waals surface area (Å²) >= 11 is 0. The van der Waals surface area contributed by atoms with Crippen LogP contribution in [-0.4, -0.2) is 70.6 Å². The first-order valence-corrected chi connectivity index (χ1v) is 12.1. The predicted octanol–water partition coefficient (Wildman–Crippen LogP) is 3.64. The van der Waals surface area contributed by atoms with Crippen LogP contribution in [0.2, 0.25) is 0 Å². The lowest BCUT2D eigenvalue weighted by molar-refractivity contribution is 0.00578. The van der Waals surface area contributed by atoms with E-state index in [1.54, 1.807) is 12.4 Å². The van der Waals surface area contributed by atoms with Crippen molar-refractivity contribution in [3.63, 3.8) is 0 Å². The van der Waals surface area contributed by atoms with E-state index in [-0.39, 0.29) is 12.1 Å². The maximum Gasteiger partial charge on any atom is 0.498 e. The van der Waals surface area contributed by atoms with Gasteiger partial charge in [-0.3, -0.25) is 0 Å². The van der Waals surface area contributed by atoms with Crippen molar-refractivity contribution >= 4 is 24.6 Å². The fourth-order valence-electron chi connectivity index (χ4n) is 4.09. The van der Waals surface area contributed by atoms with E-state index < -0.39 is 23.9 Å². The molecule has 0 aliphatic carbocycles. The van der Waals surface area contributed by atoms with Crippen molar-refractivity contribution in [2.24, 2.45) is 5.92 Å². The minimum atomic E-state index is -0.485. The largest absolute Gasteiger partial charge is 0.498 e. The van der Waals surface area contributed by atoms with Crippen molar-refractivity contribution in [1.29, 1.82) is 0 Å². The molecule has 9 heteroatoms. The Morgan fingerprint density at radius 3 is 2.30 bits per heavy atom. The Balaban J connectivity index is 1.66. The highest BCUT2D eigenvalue weighted by Gasteiger charge is 2.52. The number of carbonyl (C=O) groups is 1. The number of anilines is 1. The molecule has 0 unspecified atom stereocenters. The average Bonchev–Trinajstić information content (AvgIpc) is 2.92. The zero-order chi connectivity index (χ0) is 24.6. The molecule has 3 rings (SSSR count). The molecule has 2 saturated heterocycles. The number of hydrogen-bond acceptors (Lipinski definition) is 7. The number of piperidine rings is 1. The summed E-state index contributed by atoms with van der Waals surface area (Å²) in [6.45, 7) is 20.3. The second-order valence-electron chi connectivity index (χ2n) is 11.6. The van der Waals surface area contributed by atoms with Crippen molar-refractivity contribution in [2.45, 2.75) is 98.0 Å². The number of rotatable bonds is 5. The van der Waals surface area contributed by atoms with Crippen LogP contribution >= 0.6 is 0 Å². The first-order chi connectivity index (χ1) is 15.2. The van der Waals surface area contributed by atoms with Crippen LogP contribution in [0.3, 0.4) is 0 Å². The second-order valence-corrected chi connectivity index (χ2v) is 11.6. The number of carbonyl (C=O) groups excluding carboxylic acids is 1. The molecule has 0 aromatic carbocycles. The number of hydrogen-bond donors (Lipinski definition) is 0. The van der Waals surface area contributed by atoms with E-state index in [1.807, 2.05) is 53.4 Å². The van der Waals surface area contributed by atoms with Crippen LogP contribution in [0.1, 0.15) is 75.2 Å². The molecule has 1 aromatic rings. The van der Waals surface area contributed by atoms with Crippen LogP contribution in [0.5, 0.6) is 0 Å². The Kier molecular flexibility index (Phi) is 7.34. The molecule has 2 aliphatic heterocycles. The fraction of sp³-hybridized carbons (Fsp3) is 0.792. The van der Waals surface area contributed by atoms with Crippen molar-refractivity contribution in [1.82, 2.24) is 14.9 Å². The molecule has 2 fully saturated rings. The summed E-state index contributed by atoms with van der Waals surface area (Å²) in [7, 11) is -0.475. The molecule has 1 atom stereocenters. The van der Waals surface area contributed by atoms with Crippen molar-refractivity contribution in [3.05, 3.63) is 12.4 Å². The van der Waals surface area contributed by atoms with Gasteiger partial charge in [0.15, 0.2) is 0 Å². The molecule has 184 valence electrons. The van der Waals surface area contributed by atoms with E-state index in [0.29, 0.717) is 18.4 Å². The molecule has 0 saturated carbocycles. The van der Waals surface area contributed by atoms with Gasteiger partial charge in [0, 0.05) is 43.5 Å². The molecule has 3 heterocycles. The maximum atomic E-state index is 12.5. The molecular formula is C24H41BN4O4. The average molecular weight is 460 g/mol. The van der Waals surface area contributed by atoms with E-state index in [0.717, 1.165) is 31.4 Å². The zero-order valence-corrected chi connectivity index (χ0v) is 21.8. The van der Waals surface area contributed by atoms with E-state index >= 15 is 0 Å². The topological polar surface area (TPSA) is 77.0 Å². The molecule has 1 aromatic heterocycles. The lowest BCUT2D eigenvalue weighted by Gasteiger charge is -2.37. The summed E-state index contributed by atoms with van der Waals surface area (Å²) < 4.78 is 17.8. The fourth-order valence-corrected chi connectivity index (χ4v) is 4.09. The number of ether oxygens (including phenoxy) is 1. The summed E-state index contributed by atoms with van der Waals surface area (Å²) in [4.78, 5) is 25.9. The van der Waals surface area contributed by atoms with Crippen molar-refractivity contribution in [2.75, 3.05) is 24.5 Å². The van der Waals surface area contributed by atoms with Crippen molar-refractivity contribution in [3.8, 4) is 0 Å². The summed E-state index contributed by atoms with van der Waals surface area (Å²) in [6, 6.07) is 0.226. The predicted molar refractivity (Wildman–Crippen MR) is 131 cm³/mol. The number of amides is 1. The highest BCUT2D eigenvalue weighted by atomic mass is 16.7. The Morgan fingerprint density at radius 1 is 1.21 bits per heavy atom. The molecule has 1 amide bonds. The van der Waals surface area contributed by atoms with Crippen LogP contribution < -0.4 is 10.4 Å². The summed E-state index contributed by atoms with van der Waals surface area (Å²) in [5.41, 5.74) is -0.474. The normalized spacial score (nSPS) is 22.5. The second kappa shape index (κ2) is 9.41. The summed E-state index contributed by atoms with van der Waals surface area (Å²) in [5.74, 6) is 1.01. The summed E-state index contributed by atoms with van der Waals surface area (Å²) in [5, 5.41) is 0. The van der Waals surface area contributed by atoms with Crippen LogP contribution in [-0.2, 0) is 14.0 Å². The molecule has 2 aliphatic rings. The van der Waals surface area contributed by atoms with Gasteiger partial charge in [-0.1, -0.05) is 0 Å². The van der Waals surface area contributed by atoms with Crippen LogP contribution in [0.15, 0.2) is 12.4 Å². The SMILES string of the molecule is CC(C)N(C[C@@H]1CCCN(C(=O)OC(C)(C)C)C1)c1ncc(B2OC(C)(C)C(C)(C)O2)cn1. The summed E-state index contributed by atoms with van der Waals surface area (Å²) in [6.07, 6.45) is 5.40. The standard InChI is InChI=1S/C24H41BN4O4/c1-17(2)29(16-18-11-10-12-28(15-18)21(30)31-22(3,4)5)20-26-13-19(14-27-20)25-32-23(6,7)24(8,9)33-25/h13-14,17-18H,10-12,15-16H2,1-9H3/t18-/m1/s1. The monoisotopic (exact) mass is 460 g/mol. The Hall–Kier alpha value is -1.87. The molecular weight excluding hydrogens is 419 g/mol. The van der Waals surface area contributed by atoms with Gasteiger partial charge < -0.3 is 23.8 Å². The number of likely N-dealkylation sites (tertiary alicyclic amines) is 1. The van der Waals surface area contributed by atoms with Gasteiger partial charge in [0.2, 0.25) is 5.95 Å². The molecule has 0 radical (unpaired) electrons. The number of nitrogens with zero attached hydrogens (tertiary/aromatic N) is 4. The van der Waals surface area contributed by atoms with Gasteiger partial charge in [0.1, 0.15) is 5.60 Å². The van der Waals surface area contributed by atoms with Crippen LogP contribution in [0, 0.1) is 5.92 Å². The van der Waals surface area contributed by atoms with E-state index in [9.17, 15) is 4.79 Å². The Labute approximate surface area is 199 Å². The van der Waals surface area contributed by atoms with Gasteiger partial charge in [0.25, 0.3) is 0 Å². The molecule has 8 nitrogen and oxygen atoms in total. The van der Waals surface area contributed by atoms with Gasteiger partial charge in [-0.15, -0.1) is 0 Å². The van der Waals surface area contributed by atoms with Crippen LogP contribution in [0.4, 0.5) is 10.7 Å². The highest BCUT2D eigenvalue weighted by molar-refractivity contribution is 6.61. The molecule has 0 N–H and O–H groups in total. The molecule has 33 heavy (non-hydrogen) atoms. The minimum Gasteiger partial charge on any atom is -0.444 e. The third kappa shape index (κ3) is 6.18. The first kappa shape index (κ1) is 25.8. The van der Waals surface area contributed by atoms with Gasteiger partial charge in [-0.25, -0.2) is 14.8 Å². The smallest absolute Gasteiger partial charge is 0.444 e. The number of aromatic nitrogens is 2. The van der Waals surface area contributed by atoms with E-state index in [2.05, 4.69) is 28.7 Å². The van der Waals surface area contributed by atoms with Gasteiger partial charge in [-0.2, -0.15) is 0 Å². The molecule has 0 bridgehead atoms. The third-order valence-corrected chi connectivity index (χ3v) is 6.69. The van der Waals surface area contributed by atoms with Gasteiger partial charge in [0.05, 0.1) is 11.2 Å². The molecule has 0 spiro atoms. The lowest BCUT2D eigenvalue weighted by Crippen LogP contribution is -2.47. The minimum absolute atomic E-state index is 0.226. The third-order valence-electron chi connectivity index (χ3n) is 6.69. The first-order valence-electron chi connectivity index (χ1n) is 12.1. The van der Waals surface area contributed by atoms with E-state index in [4.69, 9.17) is 14.0 Å². The quantitative estimate of drug-likeness (QED) is 0.621. The van der Waals surface area contributed by atoms with Crippen LogP contribution in [0.25, 0.3) is 0 Å². The maximum absolute atomic E-state index is 12.5. The van der Waals surface area contributed by atoms with Gasteiger partial charge in [-0.05, 0) is 81.1 Å². The lowest BCUT2D eigenvalue weighted by atomic mass is 9.81. The Bertz CT molecular complexity index is 807. The highest BCUT2D eigenvalue weighted by Crippen LogP contribution is 2.36. The van der Waals surface area contributed by atoms with Gasteiger partial charge >= 0.3 is 13.2 Å².